The van der Waals surface area contributed by atoms with E-state index in [1.807, 2.05) is 60.7 Å². The van der Waals surface area contributed by atoms with Gasteiger partial charge in [0.1, 0.15) is 37.1 Å². The topological polar surface area (TPSA) is 109 Å². The Morgan fingerprint density at radius 2 is 1.77 bits per heavy atom. The Kier molecular flexibility index (Phi) is 9.79. The highest BCUT2D eigenvalue weighted by molar-refractivity contribution is 5.88. The van der Waals surface area contributed by atoms with Crippen LogP contribution >= 0.6 is 0 Å². The zero-order valence-electron chi connectivity index (χ0n) is 28.3. The highest BCUT2D eigenvalue weighted by Gasteiger charge is 2.47. The van der Waals surface area contributed by atoms with Crippen LogP contribution < -0.4 is 14.8 Å². The standard InChI is InChI=1S/C39H42N2O7/c1-25(2)37(42)47-20-19-46-29-17-18-34(40-23-27-12-10-11-26-15-16-28(41(43)44)21-31(26)27)32(22-29)39(6,38(3,4)5)33-24-48-35-14-9-8-13-30(35)36(33)45-7/h8-18,21-22,40H,1,19-20,23-24H2,2-7H3. The Bertz CT molecular complexity index is 1910. The van der Waals surface area contributed by atoms with Crippen LogP contribution in [0.3, 0.4) is 0 Å². The predicted octanol–water partition coefficient (Wildman–Crippen LogP) is 8.61. The summed E-state index contributed by atoms with van der Waals surface area (Å²) in [5, 5.41) is 17.0. The summed E-state index contributed by atoms with van der Waals surface area (Å²) in [5.41, 5.74) is 3.96. The lowest BCUT2D eigenvalue weighted by Gasteiger charge is -2.47. The minimum Gasteiger partial charge on any atom is -0.496 e. The number of nitrogens with zero attached hydrogens (tertiary/aromatic N) is 1. The summed E-state index contributed by atoms with van der Waals surface area (Å²) >= 11 is 0. The molecular formula is C39H42N2O7. The first-order valence-electron chi connectivity index (χ1n) is 15.8. The molecule has 9 heteroatoms. The van der Waals surface area contributed by atoms with Gasteiger partial charge in [-0.3, -0.25) is 10.1 Å². The molecular weight excluding hydrogens is 608 g/mol. The molecule has 0 spiro atoms. The third-order valence-corrected chi connectivity index (χ3v) is 9.18. The van der Waals surface area contributed by atoms with Crippen molar-refractivity contribution >= 4 is 33.9 Å². The van der Waals surface area contributed by atoms with E-state index >= 15 is 0 Å². The van der Waals surface area contributed by atoms with E-state index in [9.17, 15) is 14.9 Å². The maximum Gasteiger partial charge on any atom is 0.333 e. The molecule has 0 bridgehead atoms. The third-order valence-electron chi connectivity index (χ3n) is 9.18. The highest BCUT2D eigenvalue weighted by Crippen LogP contribution is 2.53. The Balaban J connectivity index is 1.60. The van der Waals surface area contributed by atoms with Gasteiger partial charge >= 0.3 is 5.97 Å². The number of methoxy groups -OCH3 is 1. The second-order valence-corrected chi connectivity index (χ2v) is 13.1. The maximum atomic E-state index is 11.9. The molecule has 0 aliphatic carbocycles. The average molecular weight is 651 g/mol. The van der Waals surface area contributed by atoms with Crippen LogP contribution in [0.2, 0.25) is 0 Å². The minimum absolute atomic E-state index is 0.0444. The molecule has 0 saturated heterocycles. The molecule has 0 fully saturated rings. The van der Waals surface area contributed by atoms with Crippen molar-refractivity contribution in [2.45, 2.75) is 46.6 Å². The van der Waals surface area contributed by atoms with Gasteiger partial charge in [-0.05, 0) is 70.6 Å². The van der Waals surface area contributed by atoms with Gasteiger partial charge in [0.2, 0.25) is 0 Å². The molecule has 48 heavy (non-hydrogen) atoms. The average Bonchev–Trinajstić information content (AvgIpc) is 3.07. The van der Waals surface area contributed by atoms with E-state index in [1.165, 1.54) is 6.07 Å². The van der Waals surface area contributed by atoms with Crippen LogP contribution in [0.1, 0.15) is 51.3 Å². The lowest BCUT2D eigenvalue weighted by atomic mass is 9.59. The van der Waals surface area contributed by atoms with Crippen molar-refractivity contribution < 1.29 is 28.7 Å². The normalized spacial score (nSPS) is 14.0. The molecule has 4 aromatic carbocycles. The molecule has 0 saturated carbocycles. The number of nitrogens with one attached hydrogen (secondary N) is 1. The van der Waals surface area contributed by atoms with Crippen LogP contribution in [0.5, 0.6) is 11.5 Å². The number of rotatable bonds is 12. The number of non-ortho nitro benzene ring substituents is 1. The first kappa shape index (κ1) is 34.0. The molecule has 0 amide bonds. The molecule has 250 valence electrons. The summed E-state index contributed by atoms with van der Waals surface area (Å²) < 4.78 is 23.8. The molecule has 1 unspecified atom stereocenters. The molecule has 5 rings (SSSR count). The van der Waals surface area contributed by atoms with Crippen LogP contribution in [-0.2, 0) is 26.2 Å². The van der Waals surface area contributed by atoms with Gasteiger partial charge in [0.15, 0.2) is 0 Å². The van der Waals surface area contributed by atoms with Crippen LogP contribution in [0.15, 0.2) is 96.6 Å². The number of esters is 1. The summed E-state index contributed by atoms with van der Waals surface area (Å²) in [7, 11) is 1.69. The largest absolute Gasteiger partial charge is 0.496 e. The number of hydrogen-bond acceptors (Lipinski definition) is 8. The zero-order valence-corrected chi connectivity index (χ0v) is 28.3. The number of fused-ring (bicyclic) bond motifs is 2. The summed E-state index contributed by atoms with van der Waals surface area (Å²) in [6.45, 7) is 15.0. The Morgan fingerprint density at radius 3 is 2.48 bits per heavy atom. The maximum absolute atomic E-state index is 11.9. The van der Waals surface area contributed by atoms with E-state index in [2.05, 4.69) is 39.6 Å². The third kappa shape index (κ3) is 6.72. The number of ether oxygens (including phenoxy) is 4. The zero-order chi connectivity index (χ0) is 34.6. The van der Waals surface area contributed by atoms with Crippen molar-refractivity contribution in [3.63, 3.8) is 0 Å². The second kappa shape index (κ2) is 13.8. The molecule has 1 heterocycles. The first-order chi connectivity index (χ1) is 22.8. The monoisotopic (exact) mass is 650 g/mol. The van der Waals surface area contributed by atoms with Gasteiger partial charge in [-0.15, -0.1) is 0 Å². The number of benzene rings is 4. The molecule has 0 radical (unpaired) electrons. The van der Waals surface area contributed by atoms with Gasteiger partial charge in [0.05, 0.1) is 17.6 Å². The number of anilines is 1. The lowest BCUT2D eigenvalue weighted by Crippen LogP contribution is -2.43. The van der Waals surface area contributed by atoms with Crippen LogP contribution in [0.4, 0.5) is 11.4 Å². The quantitative estimate of drug-likeness (QED) is 0.0534. The summed E-state index contributed by atoms with van der Waals surface area (Å²) in [5.74, 6) is 1.67. The summed E-state index contributed by atoms with van der Waals surface area (Å²) in [6.07, 6.45) is 0. The fraction of sp³-hybridized carbons (Fsp3) is 0.308. The molecule has 1 N–H and O–H groups in total. The number of carbonyl (C=O) groups excluding carboxylic acids is 1. The van der Waals surface area contributed by atoms with Crippen LogP contribution in [0.25, 0.3) is 16.5 Å². The van der Waals surface area contributed by atoms with E-state index in [4.69, 9.17) is 18.9 Å². The van der Waals surface area contributed by atoms with E-state index in [-0.39, 0.29) is 29.2 Å². The van der Waals surface area contributed by atoms with Gasteiger partial charge in [0, 0.05) is 40.9 Å². The molecule has 4 aromatic rings. The number of hydrogen-bond donors (Lipinski definition) is 1. The van der Waals surface area contributed by atoms with Gasteiger partial charge in [-0.2, -0.15) is 0 Å². The van der Waals surface area contributed by atoms with Crippen molar-refractivity contribution in [3.05, 3.63) is 123 Å². The fourth-order valence-corrected chi connectivity index (χ4v) is 6.16. The molecule has 9 nitrogen and oxygen atoms in total. The van der Waals surface area contributed by atoms with Crippen molar-refractivity contribution in [3.8, 4) is 11.5 Å². The molecule has 1 atom stereocenters. The predicted molar refractivity (Wildman–Crippen MR) is 188 cm³/mol. The Labute approximate surface area is 281 Å². The van der Waals surface area contributed by atoms with E-state index in [0.717, 1.165) is 50.2 Å². The second-order valence-electron chi connectivity index (χ2n) is 13.1. The molecule has 1 aliphatic heterocycles. The van der Waals surface area contributed by atoms with Crippen molar-refractivity contribution in [2.75, 3.05) is 32.2 Å². The minimum atomic E-state index is -0.655. The summed E-state index contributed by atoms with van der Waals surface area (Å²) in [6, 6.07) is 24.5. The molecule has 1 aliphatic rings. The van der Waals surface area contributed by atoms with E-state index < -0.39 is 11.4 Å². The lowest BCUT2D eigenvalue weighted by molar-refractivity contribution is -0.384. The van der Waals surface area contributed by atoms with Gasteiger partial charge in [-0.1, -0.05) is 64.6 Å². The number of nitro groups is 1. The Morgan fingerprint density at radius 1 is 1.00 bits per heavy atom. The number of carbonyl (C=O) groups is 1. The number of nitro benzene ring substituents is 1. The van der Waals surface area contributed by atoms with Gasteiger partial charge in [-0.25, -0.2) is 4.79 Å². The van der Waals surface area contributed by atoms with Crippen LogP contribution in [0, 0.1) is 15.5 Å². The fourth-order valence-electron chi connectivity index (χ4n) is 6.16. The van der Waals surface area contributed by atoms with Crippen molar-refractivity contribution in [1.29, 1.82) is 0 Å². The smallest absolute Gasteiger partial charge is 0.333 e. The van der Waals surface area contributed by atoms with Gasteiger partial charge in [0.25, 0.3) is 5.69 Å². The molecule has 0 aromatic heterocycles. The van der Waals surface area contributed by atoms with E-state index in [1.54, 1.807) is 26.2 Å². The van der Waals surface area contributed by atoms with Crippen molar-refractivity contribution in [2.24, 2.45) is 5.41 Å². The number of para-hydroxylation sites is 1. The summed E-state index contributed by atoms with van der Waals surface area (Å²) in [4.78, 5) is 23.1. The SMILES string of the molecule is C=C(C)C(=O)OCCOc1ccc(NCc2cccc3ccc([N+](=O)[O-])cc23)c(C(C)(C2=C(OC)c3ccccc3OC2)C(C)(C)C)c1. The highest BCUT2D eigenvalue weighted by atomic mass is 16.6. The first-order valence-corrected chi connectivity index (χ1v) is 15.8. The van der Waals surface area contributed by atoms with Gasteiger partial charge < -0.3 is 24.3 Å². The van der Waals surface area contributed by atoms with Crippen molar-refractivity contribution in [1.82, 2.24) is 0 Å². The van der Waals surface area contributed by atoms with E-state index in [0.29, 0.717) is 24.5 Å². The van der Waals surface area contributed by atoms with Crippen LogP contribution in [-0.4, -0.2) is 37.8 Å². The Hall–Kier alpha value is -5.31.